The Morgan fingerprint density at radius 3 is 2.67 bits per heavy atom. The maximum atomic E-state index is 12.9. The minimum Gasteiger partial charge on any atom is -0.319 e. The molecule has 0 atom stereocenters. The normalized spacial score (nSPS) is 10.9. The van der Waals surface area contributed by atoms with Crippen molar-refractivity contribution in [1.29, 1.82) is 0 Å². The molecule has 10 heteroatoms. The van der Waals surface area contributed by atoms with E-state index in [0.29, 0.717) is 28.0 Å². The van der Waals surface area contributed by atoms with Crippen LogP contribution in [0.25, 0.3) is 5.69 Å². The molecule has 0 spiro atoms. The van der Waals surface area contributed by atoms with Crippen molar-refractivity contribution in [1.82, 2.24) is 19.3 Å². The van der Waals surface area contributed by atoms with Gasteiger partial charge in [0, 0.05) is 18.9 Å². The van der Waals surface area contributed by atoms with Gasteiger partial charge in [-0.3, -0.25) is 19.1 Å². The first-order chi connectivity index (χ1) is 14.4. The number of carbonyl (C=O) groups is 1. The molecule has 2 aromatic heterocycles. The maximum Gasteiger partial charge on any atom is 0.295 e. The van der Waals surface area contributed by atoms with Crippen molar-refractivity contribution in [3.63, 3.8) is 0 Å². The molecule has 0 fully saturated rings. The molecule has 8 nitrogen and oxygen atoms in total. The van der Waals surface area contributed by atoms with Crippen LogP contribution in [-0.4, -0.2) is 36.7 Å². The van der Waals surface area contributed by atoms with Crippen LogP contribution < -0.4 is 16.4 Å². The molecule has 0 aliphatic heterocycles. The predicted molar refractivity (Wildman–Crippen MR) is 122 cm³/mol. The lowest BCUT2D eigenvalue weighted by Gasteiger charge is -2.07. The molecular formula is C20H23N5O3S2. The molecule has 2 heterocycles. The molecule has 0 aliphatic rings. The SMILES string of the molecule is CCSCc1cc(=O)[nH]c(SCC(=O)Nc2c(C)n(C)n(-c3ccccc3)c2=O)n1. The summed E-state index contributed by atoms with van der Waals surface area (Å²) in [7, 11) is 1.77. The zero-order valence-corrected chi connectivity index (χ0v) is 18.6. The Kier molecular flexibility index (Phi) is 7.22. The summed E-state index contributed by atoms with van der Waals surface area (Å²) in [6.07, 6.45) is 0. The van der Waals surface area contributed by atoms with Gasteiger partial charge in [-0.25, -0.2) is 9.67 Å². The highest BCUT2D eigenvalue weighted by Gasteiger charge is 2.18. The molecule has 3 rings (SSSR count). The first-order valence-corrected chi connectivity index (χ1v) is 11.5. The van der Waals surface area contributed by atoms with Gasteiger partial charge < -0.3 is 10.3 Å². The van der Waals surface area contributed by atoms with Gasteiger partial charge in [0.05, 0.1) is 22.8 Å². The number of rotatable bonds is 8. The number of para-hydroxylation sites is 1. The third-order valence-electron chi connectivity index (χ3n) is 4.39. The Hall–Kier alpha value is -2.72. The van der Waals surface area contributed by atoms with Crippen LogP contribution in [-0.2, 0) is 17.6 Å². The second-order valence-electron chi connectivity index (χ2n) is 6.45. The van der Waals surface area contributed by atoms with Crippen molar-refractivity contribution in [3.8, 4) is 5.69 Å². The fourth-order valence-electron chi connectivity index (χ4n) is 2.85. The number of nitrogens with zero attached hydrogens (tertiary/aromatic N) is 3. The number of hydrogen-bond donors (Lipinski definition) is 2. The zero-order chi connectivity index (χ0) is 21.7. The minimum absolute atomic E-state index is 0.0203. The van der Waals surface area contributed by atoms with Gasteiger partial charge in [0.1, 0.15) is 5.69 Å². The summed E-state index contributed by atoms with van der Waals surface area (Å²) in [5.41, 5.74) is 1.73. The number of anilines is 1. The van der Waals surface area contributed by atoms with Crippen molar-refractivity contribution < 1.29 is 4.79 Å². The highest BCUT2D eigenvalue weighted by atomic mass is 32.2. The summed E-state index contributed by atoms with van der Waals surface area (Å²) in [4.78, 5) is 44.2. The van der Waals surface area contributed by atoms with Crippen LogP contribution in [0.3, 0.4) is 0 Å². The van der Waals surface area contributed by atoms with Crippen molar-refractivity contribution >= 4 is 35.1 Å². The van der Waals surface area contributed by atoms with Gasteiger partial charge in [0.2, 0.25) is 5.91 Å². The average molecular weight is 446 g/mol. The summed E-state index contributed by atoms with van der Waals surface area (Å²) in [6.45, 7) is 3.81. The Bertz CT molecular complexity index is 1150. The van der Waals surface area contributed by atoms with Gasteiger partial charge >= 0.3 is 0 Å². The third kappa shape index (κ3) is 5.06. The number of benzene rings is 1. The number of carbonyl (C=O) groups excluding carboxylic acids is 1. The van der Waals surface area contributed by atoms with Crippen LogP contribution in [0.1, 0.15) is 18.3 Å². The fourth-order valence-corrected chi connectivity index (χ4v) is 4.11. The summed E-state index contributed by atoms with van der Waals surface area (Å²) in [5.74, 6) is 1.24. The summed E-state index contributed by atoms with van der Waals surface area (Å²) >= 11 is 2.79. The number of aromatic amines is 1. The van der Waals surface area contributed by atoms with E-state index in [1.54, 1.807) is 30.4 Å². The Balaban J connectivity index is 1.73. The van der Waals surface area contributed by atoms with Gasteiger partial charge in [-0.15, -0.1) is 0 Å². The van der Waals surface area contributed by atoms with E-state index in [2.05, 4.69) is 15.3 Å². The van der Waals surface area contributed by atoms with Crippen LogP contribution in [0.2, 0.25) is 0 Å². The average Bonchev–Trinajstić information content (AvgIpc) is 2.94. The molecule has 0 aliphatic carbocycles. The van der Waals surface area contributed by atoms with Gasteiger partial charge in [-0.1, -0.05) is 36.9 Å². The van der Waals surface area contributed by atoms with E-state index in [-0.39, 0.29) is 28.5 Å². The smallest absolute Gasteiger partial charge is 0.295 e. The van der Waals surface area contributed by atoms with Crippen molar-refractivity contribution in [2.75, 3.05) is 16.8 Å². The quantitative estimate of drug-likeness (QED) is 0.408. The van der Waals surface area contributed by atoms with Crippen molar-refractivity contribution in [3.05, 3.63) is 68.5 Å². The molecule has 1 aromatic carbocycles. The predicted octanol–water partition coefficient (Wildman–Crippen LogP) is 2.55. The molecular weight excluding hydrogens is 422 g/mol. The van der Waals surface area contributed by atoms with Crippen molar-refractivity contribution in [2.24, 2.45) is 7.05 Å². The molecule has 2 N–H and O–H groups in total. The monoisotopic (exact) mass is 445 g/mol. The van der Waals surface area contributed by atoms with Crippen LogP contribution in [0, 0.1) is 6.92 Å². The zero-order valence-electron chi connectivity index (χ0n) is 17.0. The number of hydrogen-bond acceptors (Lipinski definition) is 6. The molecule has 0 radical (unpaired) electrons. The highest BCUT2D eigenvalue weighted by molar-refractivity contribution is 7.99. The first kappa shape index (κ1) is 22.0. The number of amides is 1. The van der Waals surface area contributed by atoms with E-state index in [4.69, 9.17) is 0 Å². The Labute approximate surface area is 182 Å². The number of thioether (sulfide) groups is 2. The first-order valence-electron chi connectivity index (χ1n) is 9.35. The van der Waals surface area contributed by atoms with Gasteiger partial charge in [-0.2, -0.15) is 11.8 Å². The summed E-state index contributed by atoms with van der Waals surface area (Å²) in [5, 5.41) is 3.09. The fraction of sp³-hybridized carbons (Fsp3) is 0.300. The van der Waals surface area contributed by atoms with Crippen LogP contribution in [0.5, 0.6) is 0 Å². The molecule has 158 valence electrons. The second-order valence-corrected chi connectivity index (χ2v) is 8.69. The third-order valence-corrected chi connectivity index (χ3v) is 6.17. The van der Waals surface area contributed by atoms with E-state index in [9.17, 15) is 14.4 Å². The highest BCUT2D eigenvalue weighted by Crippen LogP contribution is 2.17. The number of aromatic nitrogens is 4. The molecule has 30 heavy (non-hydrogen) atoms. The minimum atomic E-state index is -0.345. The summed E-state index contributed by atoms with van der Waals surface area (Å²) in [6, 6.07) is 10.7. The Morgan fingerprint density at radius 1 is 1.23 bits per heavy atom. The van der Waals surface area contributed by atoms with E-state index in [1.165, 1.54) is 10.7 Å². The van der Waals surface area contributed by atoms with Crippen LogP contribution in [0.4, 0.5) is 5.69 Å². The maximum absolute atomic E-state index is 12.9. The molecule has 3 aromatic rings. The lowest BCUT2D eigenvalue weighted by atomic mass is 10.3. The van der Waals surface area contributed by atoms with Gasteiger partial charge in [-0.05, 0) is 24.8 Å². The Morgan fingerprint density at radius 2 is 1.97 bits per heavy atom. The van der Waals surface area contributed by atoms with E-state index >= 15 is 0 Å². The summed E-state index contributed by atoms with van der Waals surface area (Å²) < 4.78 is 3.21. The standard InChI is InChI=1S/C20H23N5O3S2/c1-4-29-11-14-10-16(26)23-20(21-14)30-12-17(27)22-18-13(2)24(3)25(19(18)28)15-8-6-5-7-9-15/h5-10H,4,11-12H2,1-3H3,(H,22,27)(H,21,23,26). The molecule has 1 amide bonds. The molecule has 0 unspecified atom stereocenters. The molecule has 0 saturated heterocycles. The van der Waals surface area contributed by atoms with Gasteiger partial charge in [0.25, 0.3) is 11.1 Å². The number of H-pyrrole nitrogens is 1. The number of nitrogens with one attached hydrogen (secondary N) is 2. The van der Waals surface area contributed by atoms with Gasteiger partial charge in [0.15, 0.2) is 5.16 Å². The lowest BCUT2D eigenvalue weighted by molar-refractivity contribution is -0.113. The van der Waals surface area contributed by atoms with Crippen LogP contribution >= 0.6 is 23.5 Å². The van der Waals surface area contributed by atoms with Crippen LogP contribution in [0.15, 0.2) is 51.1 Å². The van der Waals surface area contributed by atoms with Crippen molar-refractivity contribution in [2.45, 2.75) is 24.8 Å². The molecule has 0 bridgehead atoms. The topological polar surface area (TPSA) is 102 Å². The lowest BCUT2D eigenvalue weighted by Crippen LogP contribution is -2.23. The van der Waals surface area contributed by atoms with E-state index in [1.807, 2.05) is 37.3 Å². The van der Waals surface area contributed by atoms with E-state index in [0.717, 1.165) is 17.5 Å². The largest absolute Gasteiger partial charge is 0.319 e. The second kappa shape index (κ2) is 9.86. The van der Waals surface area contributed by atoms with E-state index < -0.39 is 0 Å². The molecule has 0 saturated carbocycles.